The summed E-state index contributed by atoms with van der Waals surface area (Å²) in [5.41, 5.74) is 1.17. The van der Waals surface area contributed by atoms with E-state index in [2.05, 4.69) is 17.4 Å². The highest BCUT2D eigenvalue weighted by molar-refractivity contribution is 5.91. The molecule has 1 aromatic carbocycles. The lowest BCUT2D eigenvalue weighted by atomic mass is 10.1. The number of allylic oxidation sites excluding steroid dienone is 3. The van der Waals surface area contributed by atoms with Gasteiger partial charge in [-0.3, -0.25) is 4.79 Å². The van der Waals surface area contributed by atoms with E-state index in [1.54, 1.807) is 12.3 Å². The quantitative estimate of drug-likeness (QED) is 0.801. The summed E-state index contributed by atoms with van der Waals surface area (Å²) in [4.78, 5) is 11.1. The van der Waals surface area contributed by atoms with Crippen molar-refractivity contribution in [3.8, 4) is 0 Å². The number of hydrogen-bond donors (Lipinski definition) is 1. The number of carbonyl (C=O) groups is 1. The lowest BCUT2D eigenvalue weighted by Crippen LogP contribution is -2.28. The maximum absolute atomic E-state index is 11.1. The Morgan fingerprint density at radius 2 is 2.00 bits per heavy atom. The molecule has 2 nitrogen and oxygen atoms in total. The minimum atomic E-state index is 0.118. The fraction of sp³-hybridized carbons (Fsp3) is 0.133. The van der Waals surface area contributed by atoms with Gasteiger partial charge in [0.2, 0.25) is 0 Å². The Balaban J connectivity index is 1.88. The van der Waals surface area contributed by atoms with Gasteiger partial charge in [-0.25, -0.2) is 0 Å². The largest absolute Gasteiger partial charge is 0.384 e. The second-order valence-electron chi connectivity index (χ2n) is 3.93. The molecule has 0 unspecified atom stereocenters. The normalized spacial score (nSPS) is 20.0. The molecule has 0 saturated heterocycles. The van der Waals surface area contributed by atoms with E-state index in [0.717, 1.165) is 0 Å². The van der Waals surface area contributed by atoms with Crippen molar-refractivity contribution in [2.45, 2.75) is 12.5 Å². The molecule has 1 atom stereocenters. The zero-order chi connectivity index (χ0) is 11.9. The van der Waals surface area contributed by atoms with Gasteiger partial charge in [0.15, 0.2) is 5.78 Å². The summed E-state index contributed by atoms with van der Waals surface area (Å²) in [5, 5.41) is 3.13. The monoisotopic (exact) mass is 225 g/mol. The van der Waals surface area contributed by atoms with Gasteiger partial charge in [-0.05, 0) is 11.6 Å². The third-order valence-electron chi connectivity index (χ3n) is 2.54. The van der Waals surface area contributed by atoms with Gasteiger partial charge in [0, 0.05) is 12.6 Å². The van der Waals surface area contributed by atoms with Crippen molar-refractivity contribution in [1.82, 2.24) is 5.32 Å². The van der Waals surface area contributed by atoms with Gasteiger partial charge in [-0.15, -0.1) is 0 Å². The Morgan fingerprint density at radius 1 is 1.18 bits per heavy atom. The van der Waals surface area contributed by atoms with E-state index in [0.29, 0.717) is 6.42 Å². The highest BCUT2D eigenvalue weighted by Crippen LogP contribution is 2.04. The van der Waals surface area contributed by atoms with Crippen LogP contribution >= 0.6 is 0 Å². The average Bonchev–Trinajstić information content (AvgIpc) is 2.36. The number of hydrogen-bond acceptors (Lipinski definition) is 2. The van der Waals surface area contributed by atoms with E-state index in [-0.39, 0.29) is 11.8 Å². The molecule has 0 aliphatic carbocycles. The Hall–Kier alpha value is -2.09. The second-order valence-corrected chi connectivity index (χ2v) is 3.93. The number of ketones is 1. The van der Waals surface area contributed by atoms with Crippen LogP contribution in [0.15, 0.2) is 60.8 Å². The van der Waals surface area contributed by atoms with Gasteiger partial charge in [0.25, 0.3) is 0 Å². The molecule has 1 aromatic rings. The van der Waals surface area contributed by atoms with Crippen LogP contribution in [-0.2, 0) is 4.79 Å². The summed E-state index contributed by atoms with van der Waals surface area (Å²) in [7, 11) is 0. The number of nitrogens with one attached hydrogen (secondary N) is 1. The molecule has 86 valence electrons. The average molecular weight is 225 g/mol. The highest BCUT2D eigenvalue weighted by Gasteiger charge is 2.10. The van der Waals surface area contributed by atoms with E-state index in [9.17, 15) is 4.79 Å². The third-order valence-corrected chi connectivity index (χ3v) is 2.54. The van der Waals surface area contributed by atoms with Crippen LogP contribution in [-0.4, -0.2) is 11.8 Å². The van der Waals surface area contributed by atoms with Crippen LogP contribution in [0.2, 0.25) is 0 Å². The van der Waals surface area contributed by atoms with Crippen molar-refractivity contribution in [1.29, 1.82) is 0 Å². The molecule has 1 aliphatic rings. The summed E-state index contributed by atoms with van der Waals surface area (Å²) in [6.45, 7) is 0. The van der Waals surface area contributed by atoms with Crippen LogP contribution in [0.4, 0.5) is 0 Å². The number of benzene rings is 1. The molecule has 2 rings (SSSR count). The summed E-state index contributed by atoms with van der Waals surface area (Å²) >= 11 is 0. The molecular weight excluding hydrogens is 210 g/mol. The summed E-state index contributed by atoms with van der Waals surface area (Å²) in [6, 6.07) is 10.2. The zero-order valence-corrected chi connectivity index (χ0v) is 9.54. The molecule has 0 radical (unpaired) electrons. The van der Waals surface area contributed by atoms with Crippen molar-refractivity contribution < 1.29 is 4.79 Å². The Bertz CT molecular complexity index is 457. The van der Waals surface area contributed by atoms with Crippen molar-refractivity contribution >= 4 is 11.9 Å². The lowest BCUT2D eigenvalue weighted by Gasteiger charge is -2.14. The molecule has 1 N–H and O–H groups in total. The van der Waals surface area contributed by atoms with Crippen LogP contribution in [0, 0.1) is 0 Å². The maximum Gasteiger partial charge on any atom is 0.159 e. The first-order valence-corrected chi connectivity index (χ1v) is 5.70. The smallest absolute Gasteiger partial charge is 0.159 e. The van der Waals surface area contributed by atoms with Crippen LogP contribution < -0.4 is 5.32 Å². The first-order valence-electron chi connectivity index (χ1n) is 5.70. The van der Waals surface area contributed by atoms with Crippen LogP contribution in [0.5, 0.6) is 0 Å². The van der Waals surface area contributed by atoms with E-state index in [1.807, 2.05) is 42.5 Å². The molecule has 0 aromatic heterocycles. The first kappa shape index (κ1) is 11.4. The fourth-order valence-corrected chi connectivity index (χ4v) is 1.66. The van der Waals surface area contributed by atoms with Crippen molar-refractivity contribution in [3.05, 3.63) is 66.4 Å². The Labute approximate surface area is 101 Å². The van der Waals surface area contributed by atoms with Crippen LogP contribution in [0.1, 0.15) is 12.0 Å². The van der Waals surface area contributed by atoms with Gasteiger partial charge in [-0.2, -0.15) is 0 Å². The lowest BCUT2D eigenvalue weighted by molar-refractivity contribution is -0.115. The van der Waals surface area contributed by atoms with E-state index < -0.39 is 0 Å². The van der Waals surface area contributed by atoms with Crippen molar-refractivity contribution in [3.63, 3.8) is 0 Å². The summed E-state index contributed by atoms with van der Waals surface area (Å²) < 4.78 is 0. The minimum Gasteiger partial charge on any atom is -0.384 e. The molecule has 0 saturated carbocycles. The highest BCUT2D eigenvalue weighted by atomic mass is 16.1. The Kier molecular flexibility index (Phi) is 3.92. The topological polar surface area (TPSA) is 29.1 Å². The number of rotatable bonds is 3. The zero-order valence-electron chi connectivity index (χ0n) is 9.54. The van der Waals surface area contributed by atoms with Crippen LogP contribution in [0.25, 0.3) is 6.08 Å². The van der Waals surface area contributed by atoms with Gasteiger partial charge < -0.3 is 5.32 Å². The summed E-state index contributed by atoms with van der Waals surface area (Å²) in [5.74, 6) is 0.172. The third kappa shape index (κ3) is 3.76. The molecule has 17 heavy (non-hydrogen) atoms. The van der Waals surface area contributed by atoms with E-state index in [1.165, 1.54) is 5.56 Å². The van der Waals surface area contributed by atoms with E-state index >= 15 is 0 Å². The second kappa shape index (κ2) is 5.85. The fourth-order valence-electron chi connectivity index (χ4n) is 1.66. The standard InChI is InChI=1S/C15H15NO/c17-15-10-11-16-14(12-15)9-5-4-8-13-6-2-1-3-7-13/h1-11,14,16H,12H2/b8-4+,9-5+/t14-/m0/s1. The van der Waals surface area contributed by atoms with Crippen LogP contribution in [0.3, 0.4) is 0 Å². The molecule has 0 fully saturated rings. The molecule has 2 heteroatoms. The van der Waals surface area contributed by atoms with E-state index in [4.69, 9.17) is 0 Å². The minimum absolute atomic E-state index is 0.118. The predicted octanol–water partition coefficient (Wildman–Crippen LogP) is 2.70. The van der Waals surface area contributed by atoms with Crippen molar-refractivity contribution in [2.75, 3.05) is 0 Å². The van der Waals surface area contributed by atoms with Gasteiger partial charge in [0.05, 0.1) is 6.04 Å². The van der Waals surface area contributed by atoms with Crippen molar-refractivity contribution in [2.24, 2.45) is 0 Å². The van der Waals surface area contributed by atoms with Gasteiger partial charge in [-0.1, -0.05) is 54.6 Å². The SMILES string of the molecule is O=C1C=CN[C@@H](/C=C/C=C/c2ccccc2)C1. The molecule has 1 aliphatic heterocycles. The first-order chi connectivity index (χ1) is 8.34. The molecule has 0 amide bonds. The molecule has 1 heterocycles. The van der Waals surface area contributed by atoms with Gasteiger partial charge >= 0.3 is 0 Å². The molecular formula is C15H15NO. The summed E-state index contributed by atoms with van der Waals surface area (Å²) in [6.07, 6.45) is 11.8. The maximum atomic E-state index is 11.1. The predicted molar refractivity (Wildman–Crippen MR) is 70.3 cm³/mol. The van der Waals surface area contributed by atoms with Gasteiger partial charge in [0.1, 0.15) is 0 Å². The number of carbonyl (C=O) groups excluding carboxylic acids is 1. The molecule has 0 bridgehead atoms. The Morgan fingerprint density at radius 3 is 2.76 bits per heavy atom. The molecule has 0 spiro atoms.